The van der Waals surface area contributed by atoms with Gasteiger partial charge in [-0.15, -0.1) is 0 Å². The predicted molar refractivity (Wildman–Crippen MR) is 54.3 cm³/mol. The summed E-state index contributed by atoms with van der Waals surface area (Å²) in [4.78, 5) is 0. The van der Waals surface area contributed by atoms with Gasteiger partial charge in [0.25, 0.3) is 0 Å². The molecule has 1 aromatic rings. The summed E-state index contributed by atoms with van der Waals surface area (Å²) in [6, 6.07) is 4.59. The maximum Gasteiger partial charge on any atom is 0.229 e. The molecule has 4 nitrogen and oxygen atoms in total. The van der Waals surface area contributed by atoms with Gasteiger partial charge in [-0.3, -0.25) is 4.72 Å². The molecule has 0 saturated heterocycles. The van der Waals surface area contributed by atoms with Crippen LogP contribution in [0.15, 0.2) is 18.2 Å². The highest BCUT2D eigenvalue weighted by molar-refractivity contribution is 7.92. The van der Waals surface area contributed by atoms with E-state index in [9.17, 15) is 8.42 Å². The number of nitrogens with two attached hydrogens (primary N) is 1. The van der Waals surface area contributed by atoms with E-state index in [4.69, 9.17) is 17.3 Å². The van der Waals surface area contributed by atoms with Crippen LogP contribution in [0.25, 0.3) is 0 Å². The van der Waals surface area contributed by atoms with Crippen LogP contribution >= 0.6 is 11.6 Å². The molecule has 0 saturated carbocycles. The SMILES string of the molecule is CS(=O)(=O)Nc1cc(N)ccc1Cl. The first kappa shape index (κ1) is 10.1. The van der Waals surface area contributed by atoms with Gasteiger partial charge in [-0.25, -0.2) is 8.42 Å². The number of halogens is 1. The number of hydrogen-bond acceptors (Lipinski definition) is 3. The fraction of sp³-hybridized carbons (Fsp3) is 0.143. The fourth-order valence-electron chi connectivity index (χ4n) is 0.821. The topological polar surface area (TPSA) is 72.2 Å². The molecule has 0 amide bonds. The molecule has 0 bridgehead atoms. The lowest BCUT2D eigenvalue weighted by atomic mass is 10.3. The summed E-state index contributed by atoms with van der Waals surface area (Å²) in [6.45, 7) is 0. The van der Waals surface area contributed by atoms with Crippen molar-refractivity contribution >= 4 is 33.0 Å². The highest BCUT2D eigenvalue weighted by Gasteiger charge is 2.05. The van der Waals surface area contributed by atoms with Crippen LogP contribution in [0.2, 0.25) is 5.02 Å². The van der Waals surface area contributed by atoms with Crippen LogP contribution in [0.4, 0.5) is 11.4 Å². The van der Waals surface area contributed by atoms with Crippen molar-refractivity contribution in [2.75, 3.05) is 16.7 Å². The normalized spacial score (nSPS) is 11.2. The number of hydrogen-bond donors (Lipinski definition) is 2. The minimum absolute atomic E-state index is 0.296. The minimum atomic E-state index is -3.31. The molecule has 3 N–H and O–H groups in total. The molecule has 1 aromatic carbocycles. The molecule has 0 aliphatic rings. The van der Waals surface area contributed by atoms with Crippen LogP contribution in [-0.2, 0) is 10.0 Å². The van der Waals surface area contributed by atoms with E-state index in [1.54, 1.807) is 6.07 Å². The van der Waals surface area contributed by atoms with Crippen molar-refractivity contribution in [2.24, 2.45) is 0 Å². The molecule has 0 spiro atoms. The van der Waals surface area contributed by atoms with Gasteiger partial charge in [0.1, 0.15) is 0 Å². The molecular formula is C7H9ClN2O2S. The van der Waals surface area contributed by atoms with Crippen molar-refractivity contribution in [1.29, 1.82) is 0 Å². The lowest BCUT2D eigenvalue weighted by Gasteiger charge is -2.06. The minimum Gasteiger partial charge on any atom is -0.399 e. The Hall–Kier alpha value is -0.940. The quantitative estimate of drug-likeness (QED) is 0.738. The van der Waals surface area contributed by atoms with Gasteiger partial charge in [0, 0.05) is 5.69 Å². The largest absolute Gasteiger partial charge is 0.399 e. The van der Waals surface area contributed by atoms with Crippen molar-refractivity contribution in [2.45, 2.75) is 0 Å². The first-order valence-electron chi connectivity index (χ1n) is 3.41. The average molecular weight is 221 g/mol. The van der Waals surface area contributed by atoms with Crippen LogP contribution in [0.5, 0.6) is 0 Å². The maximum atomic E-state index is 10.9. The van der Waals surface area contributed by atoms with Crippen molar-refractivity contribution in [3.8, 4) is 0 Å². The molecule has 72 valence electrons. The molecule has 0 atom stereocenters. The molecule has 0 heterocycles. The molecule has 0 radical (unpaired) electrons. The van der Waals surface area contributed by atoms with Gasteiger partial charge in [-0.1, -0.05) is 11.6 Å². The third-order valence-corrected chi connectivity index (χ3v) is 2.21. The van der Waals surface area contributed by atoms with E-state index in [0.29, 0.717) is 16.4 Å². The summed E-state index contributed by atoms with van der Waals surface area (Å²) < 4.78 is 24.0. The highest BCUT2D eigenvalue weighted by atomic mass is 35.5. The van der Waals surface area contributed by atoms with Crippen LogP contribution in [0, 0.1) is 0 Å². The molecule has 1 rings (SSSR count). The Labute approximate surface area is 81.8 Å². The van der Waals surface area contributed by atoms with E-state index in [-0.39, 0.29) is 0 Å². The van der Waals surface area contributed by atoms with Crippen molar-refractivity contribution in [3.63, 3.8) is 0 Å². The van der Waals surface area contributed by atoms with E-state index >= 15 is 0 Å². The van der Waals surface area contributed by atoms with Crippen LogP contribution < -0.4 is 10.5 Å². The summed E-state index contributed by atoms with van der Waals surface area (Å²) in [5.41, 5.74) is 6.20. The van der Waals surface area contributed by atoms with Gasteiger partial charge >= 0.3 is 0 Å². The summed E-state index contributed by atoms with van der Waals surface area (Å²) in [5, 5.41) is 0.319. The zero-order chi connectivity index (χ0) is 10.1. The van der Waals surface area contributed by atoms with E-state index in [1.165, 1.54) is 12.1 Å². The molecule has 6 heteroatoms. The van der Waals surface area contributed by atoms with Crippen LogP contribution in [-0.4, -0.2) is 14.7 Å². The number of sulfonamides is 1. The van der Waals surface area contributed by atoms with Crippen molar-refractivity contribution in [1.82, 2.24) is 0 Å². The zero-order valence-electron chi connectivity index (χ0n) is 6.91. The predicted octanol–water partition coefficient (Wildman–Crippen LogP) is 1.29. The summed E-state index contributed by atoms with van der Waals surface area (Å²) in [5.74, 6) is 0. The van der Waals surface area contributed by atoms with E-state index in [0.717, 1.165) is 6.26 Å². The first-order chi connectivity index (χ1) is 5.88. The number of benzene rings is 1. The molecule has 0 aromatic heterocycles. The summed E-state index contributed by atoms with van der Waals surface area (Å²) in [7, 11) is -3.31. The standard InChI is InChI=1S/C7H9ClN2O2S/c1-13(11,12)10-7-4-5(9)2-3-6(7)8/h2-4,10H,9H2,1H3. The molecule has 13 heavy (non-hydrogen) atoms. The Morgan fingerprint density at radius 2 is 2.08 bits per heavy atom. The Kier molecular flexibility index (Phi) is 2.68. The van der Waals surface area contributed by atoms with Crippen molar-refractivity contribution in [3.05, 3.63) is 23.2 Å². The Morgan fingerprint density at radius 3 is 2.62 bits per heavy atom. The third-order valence-electron chi connectivity index (χ3n) is 1.29. The fourth-order valence-corrected chi connectivity index (χ4v) is 1.61. The van der Waals surface area contributed by atoms with E-state index < -0.39 is 10.0 Å². The monoisotopic (exact) mass is 220 g/mol. The van der Waals surface area contributed by atoms with E-state index in [2.05, 4.69) is 4.72 Å². The Bertz CT molecular complexity index is 417. The number of nitrogens with one attached hydrogen (secondary N) is 1. The number of rotatable bonds is 2. The van der Waals surface area contributed by atoms with Gasteiger partial charge in [0.15, 0.2) is 0 Å². The number of anilines is 2. The molecule has 0 unspecified atom stereocenters. The van der Waals surface area contributed by atoms with Gasteiger partial charge in [-0.2, -0.15) is 0 Å². The van der Waals surface area contributed by atoms with Gasteiger partial charge < -0.3 is 5.73 Å². The van der Waals surface area contributed by atoms with Gasteiger partial charge in [-0.05, 0) is 18.2 Å². The zero-order valence-corrected chi connectivity index (χ0v) is 8.48. The van der Waals surface area contributed by atoms with Crippen molar-refractivity contribution < 1.29 is 8.42 Å². The molecule has 0 aliphatic heterocycles. The molecule has 0 fully saturated rings. The lowest BCUT2D eigenvalue weighted by Crippen LogP contribution is -2.10. The van der Waals surface area contributed by atoms with Crippen LogP contribution in [0.3, 0.4) is 0 Å². The molecule has 0 aliphatic carbocycles. The second-order valence-corrected chi connectivity index (χ2v) is 4.77. The lowest BCUT2D eigenvalue weighted by molar-refractivity contribution is 0.607. The Balaban J connectivity index is 3.08. The van der Waals surface area contributed by atoms with Gasteiger partial charge in [0.2, 0.25) is 10.0 Å². The summed E-state index contributed by atoms with van der Waals surface area (Å²) >= 11 is 5.72. The van der Waals surface area contributed by atoms with E-state index in [1.807, 2.05) is 0 Å². The first-order valence-corrected chi connectivity index (χ1v) is 5.68. The third kappa shape index (κ3) is 3.12. The second kappa shape index (κ2) is 3.43. The highest BCUT2D eigenvalue weighted by Crippen LogP contribution is 2.24. The average Bonchev–Trinajstić information content (AvgIpc) is 1.94. The maximum absolute atomic E-state index is 10.9. The van der Waals surface area contributed by atoms with Gasteiger partial charge in [0.05, 0.1) is 17.0 Å². The van der Waals surface area contributed by atoms with Crippen LogP contribution in [0.1, 0.15) is 0 Å². The Morgan fingerprint density at radius 1 is 1.46 bits per heavy atom. The number of nitrogen functional groups attached to an aromatic ring is 1. The second-order valence-electron chi connectivity index (χ2n) is 2.61. The molecular weight excluding hydrogens is 212 g/mol. The smallest absolute Gasteiger partial charge is 0.229 e. The summed E-state index contributed by atoms with van der Waals surface area (Å²) in [6.07, 6.45) is 1.05.